The molecular formula is C14H22N4. The maximum atomic E-state index is 5.94. The number of nitrogens with two attached hydrogens (primary N) is 1. The number of hydrogen-bond acceptors (Lipinski definition) is 3. The summed E-state index contributed by atoms with van der Waals surface area (Å²) in [5, 5.41) is 3.42. The van der Waals surface area contributed by atoms with E-state index in [-0.39, 0.29) is 5.54 Å². The highest BCUT2D eigenvalue weighted by atomic mass is 15.0. The Morgan fingerprint density at radius 3 is 2.89 bits per heavy atom. The van der Waals surface area contributed by atoms with Gasteiger partial charge in [-0.15, -0.1) is 0 Å². The second kappa shape index (κ2) is 5.08. The van der Waals surface area contributed by atoms with Crippen LogP contribution in [0.3, 0.4) is 0 Å². The van der Waals surface area contributed by atoms with Gasteiger partial charge < -0.3 is 15.6 Å². The highest BCUT2D eigenvalue weighted by molar-refractivity contribution is 5.75. The fraction of sp³-hybridized carbons (Fsp3) is 0.500. The van der Waals surface area contributed by atoms with Gasteiger partial charge in [0.2, 0.25) is 0 Å². The van der Waals surface area contributed by atoms with Crippen molar-refractivity contribution in [3.63, 3.8) is 0 Å². The first-order chi connectivity index (χ1) is 8.46. The summed E-state index contributed by atoms with van der Waals surface area (Å²) < 4.78 is 2.03. The zero-order chi connectivity index (χ0) is 13.2. The van der Waals surface area contributed by atoms with Gasteiger partial charge in [0.05, 0.1) is 17.4 Å². The summed E-state index contributed by atoms with van der Waals surface area (Å²) in [6, 6.07) is 6.40. The van der Waals surface area contributed by atoms with E-state index < -0.39 is 0 Å². The Labute approximate surface area is 108 Å². The molecule has 0 atom stereocenters. The van der Waals surface area contributed by atoms with E-state index in [1.54, 1.807) is 0 Å². The number of hydrogen-bond donors (Lipinski definition) is 2. The lowest BCUT2D eigenvalue weighted by Gasteiger charge is -2.18. The van der Waals surface area contributed by atoms with E-state index in [0.717, 1.165) is 25.0 Å². The maximum absolute atomic E-state index is 5.94. The zero-order valence-electron chi connectivity index (χ0n) is 11.4. The zero-order valence-corrected chi connectivity index (χ0v) is 11.4. The number of nitrogens with zero attached hydrogens (tertiary/aromatic N) is 2. The van der Waals surface area contributed by atoms with Crippen LogP contribution in [0.4, 0.5) is 0 Å². The first-order valence-electron chi connectivity index (χ1n) is 6.35. The van der Waals surface area contributed by atoms with Crippen LogP contribution in [-0.2, 0) is 13.6 Å². The Kier molecular flexibility index (Phi) is 3.68. The minimum absolute atomic E-state index is 0.0993. The summed E-state index contributed by atoms with van der Waals surface area (Å²) in [5.41, 5.74) is 9.32. The van der Waals surface area contributed by atoms with Crippen molar-refractivity contribution in [1.82, 2.24) is 14.9 Å². The van der Waals surface area contributed by atoms with Gasteiger partial charge in [-0.3, -0.25) is 0 Å². The molecule has 2 aromatic rings. The Balaban J connectivity index is 1.92. The summed E-state index contributed by atoms with van der Waals surface area (Å²) >= 11 is 0. The summed E-state index contributed by atoms with van der Waals surface area (Å²) in [6.07, 6.45) is 2.82. The van der Waals surface area contributed by atoms with Crippen molar-refractivity contribution >= 4 is 11.0 Å². The topological polar surface area (TPSA) is 55.9 Å². The molecule has 3 N–H and O–H groups in total. The van der Waals surface area contributed by atoms with Crippen LogP contribution < -0.4 is 11.1 Å². The van der Waals surface area contributed by atoms with Gasteiger partial charge in [-0.1, -0.05) is 6.07 Å². The molecule has 0 saturated heterocycles. The number of rotatable bonds is 5. The lowest BCUT2D eigenvalue weighted by Crippen LogP contribution is -2.35. The number of fused-ring (bicyclic) bond motifs is 1. The molecule has 0 saturated carbocycles. The molecule has 0 aliphatic carbocycles. The van der Waals surface area contributed by atoms with E-state index >= 15 is 0 Å². The average Bonchev–Trinajstić information content (AvgIpc) is 2.65. The summed E-state index contributed by atoms with van der Waals surface area (Å²) in [5.74, 6) is 0. The van der Waals surface area contributed by atoms with Crippen LogP contribution in [0.15, 0.2) is 24.5 Å². The third-order valence-corrected chi connectivity index (χ3v) is 3.07. The fourth-order valence-corrected chi connectivity index (χ4v) is 1.93. The molecule has 0 amide bonds. The van der Waals surface area contributed by atoms with Gasteiger partial charge in [0.1, 0.15) is 0 Å². The molecular weight excluding hydrogens is 224 g/mol. The van der Waals surface area contributed by atoms with E-state index in [0.29, 0.717) is 0 Å². The molecule has 0 spiro atoms. The van der Waals surface area contributed by atoms with E-state index in [4.69, 9.17) is 5.73 Å². The lowest BCUT2D eigenvalue weighted by atomic mass is 10.0. The first kappa shape index (κ1) is 13.1. The molecule has 1 aromatic carbocycles. The van der Waals surface area contributed by atoms with Crippen molar-refractivity contribution < 1.29 is 0 Å². The second-order valence-corrected chi connectivity index (χ2v) is 5.59. The number of benzene rings is 1. The van der Waals surface area contributed by atoms with Crippen LogP contribution in [0, 0.1) is 0 Å². The molecule has 0 bridgehead atoms. The van der Waals surface area contributed by atoms with Crippen LogP contribution in [-0.4, -0.2) is 21.6 Å². The molecule has 4 heteroatoms. The molecule has 4 nitrogen and oxygen atoms in total. The van der Waals surface area contributed by atoms with E-state index in [2.05, 4.69) is 42.3 Å². The van der Waals surface area contributed by atoms with Crippen molar-refractivity contribution in [2.45, 2.75) is 32.4 Å². The number of aromatic nitrogens is 2. The Hall–Kier alpha value is -1.39. The van der Waals surface area contributed by atoms with Crippen molar-refractivity contribution in [2.24, 2.45) is 12.8 Å². The standard InChI is InChI=1S/C14H22N4/c1-14(2,15)6-7-16-9-11-4-5-13-12(8-11)17-10-18(13)3/h4-5,8,10,16H,6-7,9,15H2,1-3H3. The molecule has 0 aliphatic heterocycles. The number of aryl methyl sites for hydroxylation is 1. The quantitative estimate of drug-likeness (QED) is 0.791. The molecule has 18 heavy (non-hydrogen) atoms. The highest BCUT2D eigenvalue weighted by Gasteiger charge is 2.09. The number of imidazole rings is 1. The summed E-state index contributed by atoms with van der Waals surface area (Å²) in [6.45, 7) is 5.90. The van der Waals surface area contributed by atoms with Crippen molar-refractivity contribution in [1.29, 1.82) is 0 Å². The summed E-state index contributed by atoms with van der Waals surface area (Å²) in [7, 11) is 2.01. The largest absolute Gasteiger partial charge is 0.334 e. The predicted octanol–water partition coefficient (Wildman–Crippen LogP) is 1.79. The monoisotopic (exact) mass is 246 g/mol. The fourth-order valence-electron chi connectivity index (χ4n) is 1.93. The molecule has 2 rings (SSSR count). The minimum Gasteiger partial charge on any atom is -0.334 e. The van der Waals surface area contributed by atoms with Gasteiger partial charge in [-0.2, -0.15) is 0 Å². The normalized spacial score (nSPS) is 12.2. The highest BCUT2D eigenvalue weighted by Crippen LogP contribution is 2.13. The number of nitrogens with one attached hydrogen (secondary N) is 1. The van der Waals surface area contributed by atoms with Gasteiger partial charge >= 0.3 is 0 Å². The Morgan fingerprint density at radius 2 is 2.17 bits per heavy atom. The van der Waals surface area contributed by atoms with Gasteiger partial charge in [0.15, 0.2) is 0 Å². The average molecular weight is 246 g/mol. The van der Waals surface area contributed by atoms with Crippen LogP contribution in [0.2, 0.25) is 0 Å². The SMILES string of the molecule is Cn1cnc2cc(CNCCC(C)(C)N)ccc21. The van der Waals surface area contributed by atoms with Crippen LogP contribution in [0.25, 0.3) is 11.0 Å². The molecule has 0 radical (unpaired) electrons. The molecule has 0 aliphatic rings. The van der Waals surface area contributed by atoms with Crippen molar-refractivity contribution in [2.75, 3.05) is 6.54 Å². The van der Waals surface area contributed by atoms with Crippen LogP contribution in [0.5, 0.6) is 0 Å². The van der Waals surface area contributed by atoms with Gasteiger partial charge in [-0.25, -0.2) is 4.98 Å². The smallest absolute Gasteiger partial charge is 0.0955 e. The molecule has 0 unspecified atom stereocenters. The third-order valence-electron chi connectivity index (χ3n) is 3.07. The lowest BCUT2D eigenvalue weighted by molar-refractivity contribution is 0.455. The van der Waals surface area contributed by atoms with Gasteiger partial charge in [0, 0.05) is 19.1 Å². The van der Waals surface area contributed by atoms with Gasteiger partial charge in [-0.05, 0) is 44.5 Å². The van der Waals surface area contributed by atoms with Crippen LogP contribution in [0.1, 0.15) is 25.8 Å². The minimum atomic E-state index is -0.0993. The third kappa shape index (κ3) is 3.31. The molecule has 1 aromatic heterocycles. The van der Waals surface area contributed by atoms with E-state index in [1.165, 1.54) is 11.1 Å². The Morgan fingerprint density at radius 1 is 1.39 bits per heavy atom. The first-order valence-corrected chi connectivity index (χ1v) is 6.35. The molecule has 0 fully saturated rings. The molecule has 1 heterocycles. The van der Waals surface area contributed by atoms with Crippen molar-refractivity contribution in [3.05, 3.63) is 30.1 Å². The van der Waals surface area contributed by atoms with Crippen molar-refractivity contribution in [3.8, 4) is 0 Å². The van der Waals surface area contributed by atoms with E-state index in [1.807, 2.05) is 17.9 Å². The maximum Gasteiger partial charge on any atom is 0.0955 e. The van der Waals surface area contributed by atoms with E-state index in [9.17, 15) is 0 Å². The predicted molar refractivity (Wildman–Crippen MR) is 75.3 cm³/mol. The second-order valence-electron chi connectivity index (χ2n) is 5.59. The summed E-state index contributed by atoms with van der Waals surface area (Å²) in [4.78, 5) is 4.36. The van der Waals surface area contributed by atoms with Gasteiger partial charge in [0.25, 0.3) is 0 Å². The molecule has 98 valence electrons. The Bertz CT molecular complexity index is 522. The van der Waals surface area contributed by atoms with Crippen LogP contribution >= 0.6 is 0 Å².